The number of furan rings is 1. The summed E-state index contributed by atoms with van der Waals surface area (Å²) in [6.07, 6.45) is 1.74. The van der Waals surface area contributed by atoms with Crippen molar-refractivity contribution in [3.8, 4) is 0 Å². The molecule has 3 unspecified atom stereocenters. The van der Waals surface area contributed by atoms with Crippen LogP contribution in [-0.4, -0.2) is 37.6 Å². The van der Waals surface area contributed by atoms with Crippen molar-refractivity contribution in [3.63, 3.8) is 0 Å². The van der Waals surface area contributed by atoms with E-state index in [9.17, 15) is 4.39 Å². The zero-order valence-electron chi connectivity index (χ0n) is 15.5. The van der Waals surface area contributed by atoms with Gasteiger partial charge in [-0.25, -0.2) is 9.82 Å². The lowest BCUT2D eigenvalue weighted by molar-refractivity contribution is 0.186. The number of nitrogens with zero attached hydrogens (tertiary/aromatic N) is 1. The fourth-order valence-corrected chi connectivity index (χ4v) is 3.71. The molecule has 3 atom stereocenters. The Labute approximate surface area is 154 Å². The molecule has 2 heterocycles. The van der Waals surface area contributed by atoms with Crippen LogP contribution in [0.3, 0.4) is 0 Å². The van der Waals surface area contributed by atoms with Crippen molar-refractivity contribution in [3.05, 3.63) is 59.8 Å². The van der Waals surface area contributed by atoms with Crippen LogP contribution in [0.25, 0.3) is 0 Å². The molecule has 1 fully saturated rings. The maximum Gasteiger partial charge on any atom is 0.123 e. The molecule has 1 aromatic carbocycles. The predicted molar refractivity (Wildman–Crippen MR) is 101 cm³/mol. The van der Waals surface area contributed by atoms with Gasteiger partial charge in [0.25, 0.3) is 0 Å². The maximum absolute atomic E-state index is 13.2. The summed E-state index contributed by atoms with van der Waals surface area (Å²) in [5.74, 6) is 1.20. The molecule has 1 aliphatic heterocycles. The molecule has 1 aromatic heterocycles. The largest absolute Gasteiger partial charge is 0.468 e. The average molecular weight is 360 g/mol. The molecule has 0 amide bonds. The minimum Gasteiger partial charge on any atom is -0.468 e. The van der Waals surface area contributed by atoms with Crippen LogP contribution in [-0.2, 0) is 0 Å². The van der Waals surface area contributed by atoms with Crippen molar-refractivity contribution in [1.82, 2.24) is 21.1 Å². The fraction of sp³-hybridized carbons (Fsp3) is 0.500. The number of likely N-dealkylation sites (N-methyl/N-ethyl adjacent to an activating group) is 1. The molecular formula is C20H29FN4O. The molecule has 1 aliphatic rings. The van der Waals surface area contributed by atoms with Gasteiger partial charge in [-0.2, -0.15) is 0 Å². The number of rotatable bonds is 9. The van der Waals surface area contributed by atoms with Crippen molar-refractivity contribution >= 4 is 0 Å². The van der Waals surface area contributed by atoms with E-state index in [1.54, 1.807) is 6.26 Å². The highest BCUT2D eigenvalue weighted by atomic mass is 19.1. The molecule has 6 heteroatoms. The Morgan fingerprint density at radius 1 is 1.23 bits per heavy atom. The molecule has 142 valence electrons. The molecule has 1 saturated heterocycles. The zero-order valence-corrected chi connectivity index (χ0v) is 15.5. The Hall–Kier alpha value is -1.73. The van der Waals surface area contributed by atoms with Crippen molar-refractivity contribution in [1.29, 1.82) is 0 Å². The van der Waals surface area contributed by atoms with Crippen LogP contribution in [0.5, 0.6) is 0 Å². The summed E-state index contributed by atoms with van der Waals surface area (Å²) in [6, 6.07) is 11.2. The summed E-state index contributed by atoms with van der Waals surface area (Å²) < 4.78 is 18.8. The highest BCUT2D eigenvalue weighted by Crippen LogP contribution is 2.25. The normalized spacial score (nSPS) is 21.4. The molecule has 0 bridgehead atoms. The summed E-state index contributed by atoms with van der Waals surface area (Å²) in [6.45, 7) is 8.90. The van der Waals surface area contributed by atoms with Gasteiger partial charge in [0.05, 0.1) is 18.3 Å². The van der Waals surface area contributed by atoms with Crippen LogP contribution in [0.2, 0.25) is 0 Å². The lowest BCUT2D eigenvalue weighted by Gasteiger charge is -2.29. The summed E-state index contributed by atoms with van der Waals surface area (Å²) in [5.41, 5.74) is 7.65. The number of nitrogens with one attached hydrogen (secondary N) is 3. The van der Waals surface area contributed by atoms with E-state index in [1.165, 1.54) is 12.1 Å². The second-order valence-electron chi connectivity index (χ2n) is 6.73. The molecule has 0 radical (unpaired) electrons. The Kier molecular flexibility index (Phi) is 6.80. The summed E-state index contributed by atoms with van der Waals surface area (Å²) >= 11 is 0. The van der Waals surface area contributed by atoms with Gasteiger partial charge < -0.3 is 9.73 Å². The van der Waals surface area contributed by atoms with Gasteiger partial charge in [-0.1, -0.05) is 26.0 Å². The van der Waals surface area contributed by atoms with E-state index in [4.69, 9.17) is 4.42 Å². The molecule has 0 saturated carbocycles. The SMILES string of the molecule is CCN(CC)C(CNCC1CNNC1c1ccc(F)cc1)c1ccco1. The topological polar surface area (TPSA) is 52.5 Å². The first-order valence-electron chi connectivity index (χ1n) is 9.45. The summed E-state index contributed by atoms with van der Waals surface area (Å²) in [7, 11) is 0. The monoisotopic (exact) mass is 360 g/mol. The standard InChI is InChI=1S/C20H29FN4O/c1-3-25(4-2)18(19-6-5-11-26-19)14-22-12-16-13-23-24-20(16)15-7-9-17(21)10-8-15/h5-11,16,18,20,22-24H,3-4,12-14H2,1-2H3. The lowest BCUT2D eigenvalue weighted by atomic mass is 9.95. The van der Waals surface area contributed by atoms with Crippen LogP contribution in [0, 0.1) is 11.7 Å². The lowest BCUT2D eigenvalue weighted by Crippen LogP contribution is -2.38. The third-order valence-electron chi connectivity index (χ3n) is 5.19. The summed E-state index contributed by atoms with van der Waals surface area (Å²) in [5, 5.41) is 3.62. The number of halogens is 1. The highest BCUT2D eigenvalue weighted by Gasteiger charge is 2.28. The van der Waals surface area contributed by atoms with Crippen LogP contribution < -0.4 is 16.2 Å². The van der Waals surface area contributed by atoms with E-state index < -0.39 is 0 Å². The Bertz CT molecular complexity index is 642. The van der Waals surface area contributed by atoms with E-state index in [0.29, 0.717) is 5.92 Å². The average Bonchev–Trinajstić information content (AvgIpc) is 3.34. The van der Waals surface area contributed by atoms with E-state index >= 15 is 0 Å². The smallest absolute Gasteiger partial charge is 0.123 e. The fourth-order valence-electron chi connectivity index (χ4n) is 3.71. The zero-order chi connectivity index (χ0) is 18.4. The first-order valence-corrected chi connectivity index (χ1v) is 9.45. The van der Waals surface area contributed by atoms with E-state index in [0.717, 1.165) is 44.0 Å². The minimum absolute atomic E-state index is 0.179. The van der Waals surface area contributed by atoms with Gasteiger partial charge in [-0.3, -0.25) is 10.3 Å². The van der Waals surface area contributed by atoms with Crippen LogP contribution >= 0.6 is 0 Å². The first-order chi connectivity index (χ1) is 12.7. The molecule has 0 spiro atoms. The van der Waals surface area contributed by atoms with Gasteiger partial charge in [-0.15, -0.1) is 0 Å². The molecule has 5 nitrogen and oxygen atoms in total. The van der Waals surface area contributed by atoms with Crippen molar-refractivity contribution in [2.75, 3.05) is 32.7 Å². The van der Waals surface area contributed by atoms with Gasteiger partial charge in [-0.05, 0) is 42.9 Å². The predicted octanol–water partition coefficient (Wildman–Crippen LogP) is 2.86. The van der Waals surface area contributed by atoms with Gasteiger partial charge in [0, 0.05) is 25.6 Å². The molecule has 26 heavy (non-hydrogen) atoms. The van der Waals surface area contributed by atoms with Crippen molar-refractivity contribution in [2.24, 2.45) is 5.92 Å². The third kappa shape index (κ3) is 4.51. The highest BCUT2D eigenvalue weighted by molar-refractivity contribution is 5.21. The van der Waals surface area contributed by atoms with Gasteiger partial charge in [0.2, 0.25) is 0 Å². The second kappa shape index (κ2) is 9.28. The molecular weight excluding hydrogens is 331 g/mol. The quantitative estimate of drug-likeness (QED) is 0.642. The Balaban J connectivity index is 1.59. The van der Waals surface area contributed by atoms with Gasteiger partial charge in [0.1, 0.15) is 11.6 Å². The number of hydrogen-bond acceptors (Lipinski definition) is 5. The van der Waals surface area contributed by atoms with E-state index in [2.05, 4.69) is 34.9 Å². The molecule has 3 N–H and O–H groups in total. The van der Waals surface area contributed by atoms with Crippen LogP contribution in [0.4, 0.5) is 4.39 Å². The second-order valence-corrected chi connectivity index (χ2v) is 6.73. The van der Waals surface area contributed by atoms with E-state index in [-0.39, 0.29) is 17.9 Å². The van der Waals surface area contributed by atoms with Gasteiger partial charge in [0.15, 0.2) is 0 Å². The minimum atomic E-state index is -0.199. The van der Waals surface area contributed by atoms with Crippen LogP contribution in [0.15, 0.2) is 47.1 Å². The van der Waals surface area contributed by atoms with Crippen molar-refractivity contribution in [2.45, 2.75) is 25.9 Å². The molecule has 2 aromatic rings. The third-order valence-corrected chi connectivity index (χ3v) is 5.19. The number of hydrazine groups is 1. The summed E-state index contributed by atoms with van der Waals surface area (Å²) in [4.78, 5) is 2.40. The molecule has 3 rings (SSSR count). The first kappa shape index (κ1) is 19.0. The number of benzene rings is 1. The van der Waals surface area contributed by atoms with Crippen molar-refractivity contribution < 1.29 is 8.81 Å². The Morgan fingerprint density at radius 2 is 2.00 bits per heavy atom. The molecule has 0 aliphatic carbocycles. The van der Waals surface area contributed by atoms with E-state index in [1.807, 2.05) is 24.3 Å². The number of hydrogen-bond donors (Lipinski definition) is 3. The van der Waals surface area contributed by atoms with Gasteiger partial charge >= 0.3 is 0 Å². The maximum atomic E-state index is 13.2. The van der Waals surface area contributed by atoms with Crippen LogP contribution in [0.1, 0.15) is 37.3 Å². The Morgan fingerprint density at radius 3 is 2.65 bits per heavy atom.